The third-order valence-corrected chi connectivity index (χ3v) is 4.30. The maximum atomic E-state index is 12.2. The van der Waals surface area contributed by atoms with Gasteiger partial charge in [-0.15, -0.1) is 0 Å². The topological polar surface area (TPSA) is 81.4 Å². The van der Waals surface area contributed by atoms with E-state index in [-0.39, 0.29) is 9.92 Å². The maximum Gasteiger partial charge on any atom is 0.262 e. The number of halogens is 1. The van der Waals surface area contributed by atoms with E-state index in [1.807, 2.05) is 0 Å². The van der Waals surface area contributed by atoms with Gasteiger partial charge < -0.3 is 10.5 Å². The molecule has 2 aromatic rings. The molecule has 0 spiro atoms. The molecule has 0 aliphatic heterocycles. The van der Waals surface area contributed by atoms with Gasteiger partial charge in [0.2, 0.25) is 0 Å². The van der Waals surface area contributed by atoms with Gasteiger partial charge in [-0.3, -0.25) is 4.72 Å². The number of nitrogen functional groups attached to an aromatic ring is 1. The second kappa shape index (κ2) is 5.60. The normalized spacial score (nSPS) is 11.1. The molecular weight excluding hydrogens is 300 g/mol. The van der Waals surface area contributed by atoms with E-state index in [0.717, 1.165) is 0 Å². The van der Waals surface area contributed by atoms with Gasteiger partial charge in [-0.25, -0.2) is 8.42 Å². The van der Waals surface area contributed by atoms with Crippen LogP contribution >= 0.6 is 11.6 Å². The molecule has 0 aliphatic carbocycles. The highest BCUT2D eigenvalue weighted by Crippen LogP contribution is 2.28. The second-order valence-electron chi connectivity index (χ2n) is 3.99. The molecule has 2 aromatic carbocycles. The van der Waals surface area contributed by atoms with Crippen LogP contribution in [0, 0.1) is 0 Å². The van der Waals surface area contributed by atoms with Gasteiger partial charge >= 0.3 is 0 Å². The van der Waals surface area contributed by atoms with E-state index in [1.165, 1.54) is 25.3 Å². The number of sulfonamides is 1. The Kier molecular flexibility index (Phi) is 4.06. The van der Waals surface area contributed by atoms with E-state index < -0.39 is 10.0 Å². The Morgan fingerprint density at radius 3 is 2.50 bits per heavy atom. The average Bonchev–Trinajstić information content (AvgIpc) is 2.41. The number of methoxy groups -OCH3 is 1. The molecule has 0 radical (unpaired) electrons. The fraction of sp³-hybridized carbons (Fsp3) is 0.0769. The number of nitrogens with one attached hydrogen (secondary N) is 1. The maximum absolute atomic E-state index is 12.2. The van der Waals surface area contributed by atoms with Gasteiger partial charge in [0.15, 0.2) is 0 Å². The van der Waals surface area contributed by atoms with Crippen LogP contribution in [-0.4, -0.2) is 15.5 Å². The summed E-state index contributed by atoms with van der Waals surface area (Å²) < 4.78 is 31.9. The minimum absolute atomic E-state index is 0.0338. The molecule has 0 fully saturated rings. The van der Waals surface area contributed by atoms with Crippen molar-refractivity contribution in [2.75, 3.05) is 17.6 Å². The van der Waals surface area contributed by atoms with Crippen LogP contribution in [0.1, 0.15) is 0 Å². The summed E-state index contributed by atoms with van der Waals surface area (Å²) in [6.45, 7) is 0. The van der Waals surface area contributed by atoms with E-state index in [0.29, 0.717) is 17.1 Å². The zero-order chi connectivity index (χ0) is 14.8. The molecule has 5 nitrogen and oxygen atoms in total. The molecule has 0 aromatic heterocycles. The van der Waals surface area contributed by atoms with Crippen molar-refractivity contribution in [1.82, 2.24) is 0 Å². The number of hydrogen-bond donors (Lipinski definition) is 2. The zero-order valence-electron chi connectivity index (χ0n) is 10.6. The van der Waals surface area contributed by atoms with Gasteiger partial charge in [0.25, 0.3) is 10.0 Å². The van der Waals surface area contributed by atoms with Crippen molar-refractivity contribution in [3.05, 3.63) is 47.5 Å². The van der Waals surface area contributed by atoms with Crippen molar-refractivity contribution in [1.29, 1.82) is 0 Å². The van der Waals surface area contributed by atoms with E-state index in [2.05, 4.69) is 4.72 Å². The third-order valence-electron chi connectivity index (χ3n) is 2.64. The summed E-state index contributed by atoms with van der Waals surface area (Å²) in [5.41, 5.74) is 6.37. The highest BCUT2D eigenvalue weighted by molar-refractivity contribution is 7.92. The molecule has 20 heavy (non-hydrogen) atoms. The monoisotopic (exact) mass is 312 g/mol. The van der Waals surface area contributed by atoms with Crippen LogP contribution < -0.4 is 15.2 Å². The Balaban J connectivity index is 2.36. The van der Waals surface area contributed by atoms with Crippen LogP contribution in [0.2, 0.25) is 5.02 Å². The van der Waals surface area contributed by atoms with Crippen molar-refractivity contribution >= 4 is 33.0 Å². The van der Waals surface area contributed by atoms with Gasteiger partial charge in [-0.05, 0) is 30.3 Å². The lowest BCUT2D eigenvalue weighted by Gasteiger charge is -2.11. The van der Waals surface area contributed by atoms with Crippen LogP contribution in [0.4, 0.5) is 11.4 Å². The summed E-state index contributed by atoms with van der Waals surface area (Å²) >= 11 is 5.93. The van der Waals surface area contributed by atoms with Gasteiger partial charge in [-0.2, -0.15) is 0 Å². The van der Waals surface area contributed by atoms with Crippen molar-refractivity contribution < 1.29 is 13.2 Å². The largest absolute Gasteiger partial charge is 0.495 e. The summed E-state index contributed by atoms with van der Waals surface area (Å²) in [5, 5.41) is 0.219. The number of anilines is 2. The third kappa shape index (κ3) is 2.97. The van der Waals surface area contributed by atoms with Crippen molar-refractivity contribution in [3.8, 4) is 5.75 Å². The second-order valence-corrected chi connectivity index (χ2v) is 6.08. The predicted octanol–water partition coefficient (Wildman–Crippen LogP) is 2.73. The van der Waals surface area contributed by atoms with Crippen LogP contribution in [0.5, 0.6) is 5.75 Å². The van der Waals surface area contributed by atoms with E-state index in [4.69, 9.17) is 22.1 Å². The Bertz CT molecular complexity index is 732. The molecule has 0 bridgehead atoms. The summed E-state index contributed by atoms with van der Waals surface area (Å²) in [7, 11) is -2.30. The lowest BCUT2D eigenvalue weighted by molar-refractivity contribution is 0.414. The molecule has 106 valence electrons. The standard InChI is InChI=1S/C13H13ClN2O3S/c1-19-13-7-6-9(8-10(13)14)20(17,18)16-12-5-3-2-4-11(12)15/h2-8,16H,15H2,1H3. The van der Waals surface area contributed by atoms with E-state index in [1.54, 1.807) is 24.3 Å². The molecule has 0 atom stereocenters. The molecule has 0 amide bonds. The first kappa shape index (κ1) is 14.5. The lowest BCUT2D eigenvalue weighted by Crippen LogP contribution is -2.14. The first-order chi connectivity index (χ1) is 9.44. The highest BCUT2D eigenvalue weighted by Gasteiger charge is 2.17. The summed E-state index contributed by atoms with van der Waals surface area (Å²) in [4.78, 5) is 0.0338. The number of nitrogens with two attached hydrogens (primary N) is 1. The minimum atomic E-state index is -3.75. The van der Waals surface area contributed by atoms with Gasteiger partial charge in [0, 0.05) is 0 Å². The molecule has 0 unspecified atom stereocenters. The predicted molar refractivity (Wildman–Crippen MR) is 79.7 cm³/mol. The molecule has 3 N–H and O–H groups in total. The number of para-hydroxylation sites is 2. The Labute approximate surface area is 122 Å². The van der Waals surface area contributed by atoms with Crippen molar-refractivity contribution in [3.63, 3.8) is 0 Å². The lowest BCUT2D eigenvalue weighted by atomic mass is 10.3. The summed E-state index contributed by atoms with van der Waals surface area (Å²) in [6, 6.07) is 10.8. The Hall–Kier alpha value is -1.92. The molecule has 0 saturated carbocycles. The minimum Gasteiger partial charge on any atom is -0.495 e. The van der Waals surface area contributed by atoms with Crippen molar-refractivity contribution in [2.24, 2.45) is 0 Å². The molecule has 2 rings (SSSR count). The highest BCUT2D eigenvalue weighted by atomic mass is 35.5. The average molecular weight is 313 g/mol. The van der Waals surface area contributed by atoms with Gasteiger partial charge in [-0.1, -0.05) is 23.7 Å². The van der Waals surface area contributed by atoms with Crippen LogP contribution in [-0.2, 0) is 10.0 Å². The SMILES string of the molecule is COc1ccc(S(=O)(=O)Nc2ccccc2N)cc1Cl. The molecule has 0 aliphatic rings. The van der Waals surface area contributed by atoms with Gasteiger partial charge in [0.05, 0.1) is 28.4 Å². The number of hydrogen-bond acceptors (Lipinski definition) is 4. The zero-order valence-corrected chi connectivity index (χ0v) is 12.2. The Morgan fingerprint density at radius 2 is 1.90 bits per heavy atom. The van der Waals surface area contributed by atoms with E-state index in [9.17, 15) is 8.42 Å². The van der Waals surface area contributed by atoms with Crippen LogP contribution in [0.3, 0.4) is 0 Å². The quantitative estimate of drug-likeness (QED) is 0.851. The molecule has 0 heterocycles. The van der Waals surface area contributed by atoms with Gasteiger partial charge in [0.1, 0.15) is 5.75 Å². The fourth-order valence-corrected chi connectivity index (χ4v) is 3.04. The van der Waals surface area contributed by atoms with Crippen molar-refractivity contribution in [2.45, 2.75) is 4.90 Å². The first-order valence-corrected chi connectivity index (χ1v) is 7.51. The first-order valence-electron chi connectivity index (χ1n) is 5.65. The summed E-state index contributed by atoms with van der Waals surface area (Å²) in [5.74, 6) is 0.407. The van der Waals surface area contributed by atoms with Crippen LogP contribution in [0.25, 0.3) is 0 Å². The summed E-state index contributed by atoms with van der Waals surface area (Å²) in [6.07, 6.45) is 0. The fourth-order valence-electron chi connectivity index (χ4n) is 1.61. The van der Waals surface area contributed by atoms with E-state index >= 15 is 0 Å². The molecular formula is C13H13ClN2O3S. The smallest absolute Gasteiger partial charge is 0.262 e. The Morgan fingerprint density at radius 1 is 1.20 bits per heavy atom. The molecule has 0 saturated heterocycles. The number of benzene rings is 2. The van der Waals surface area contributed by atoms with Crippen LogP contribution in [0.15, 0.2) is 47.4 Å². The number of rotatable bonds is 4. The molecule has 7 heteroatoms. The number of ether oxygens (including phenoxy) is 1.